The number of aromatic nitrogens is 1. The van der Waals surface area contributed by atoms with Crippen LogP contribution in [0.3, 0.4) is 0 Å². The van der Waals surface area contributed by atoms with Gasteiger partial charge < -0.3 is 5.32 Å². The Balaban J connectivity index is 1.58. The van der Waals surface area contributed by atoms with Gasteiger partial charge in [0.1, 0.15) is 0 Å². The largest absolute Gasteiger partial charge is 0.310 e. The minimum atomic E-state index is 0.518. The average molecular weight is 337 g/mol. The Morgan fingerprint density at radius 3 is 3.16 bits per heavy atom. The van der Waals surface area contributed by atoms with E-state index >= 15 is 0 Å². The number of hydrogen-bond acceptors (Lipinski definition) is 3. The second-order valence-electron chi connectivity index (χ2n) is 5.02. The molecule has 100 valence electrons. The van der Waals surface area contributed by atoms with Crippen molar-refractivity contribution in [2.75, 3.05) is 6.54 Å². The van der Waals surface area contributed by atoms with Crippen LogP contribution < -0.4 is 5.32 Å². The van der Waals surface area contributed by atoms with E-state index in [2.05, 4.69) is 56.7 Å². The highest BCUT2D eigenvalue weighted by Crippen LogP contribution is 2.32. The second-order valence-corrected chi connectivity index (χ2v) is 6.88. The molecule has 2 aromatic rings. The van der Waals surface area contributed by atoms with Crippen molar-refractivity contribution in [1.82, 2.24) is 10.3 Å². The number of halogens is 1. The topological polar surface area (TPSA) is 24.9 Å². The van der Waals surface area contributed by atoms with E-state index in [9.17, 15) is 0 Å². The molecule has 0 amide bonds. The van der Waals surface area contributed by atoms with E-state index in [4.69, 9.17) is 0 Å². The predicted octanol–water partition coefficient (Wildman–Crippen LogP) is 4.03. The summed E-state index contributed by atoms with van der Waals surface area (Å²) in [6.45, 7) is 3.06. The standard InChI is InChI=1S/C15H17BrN2S/c1-10-9-19-15(18-10)6-7-17-14-5-2-11-8-12(16)3-4-13(11)14/h3-4,8-9,14,17H,2,5-7H2,1H3. The predicted molar refractivity (Wildman–Crippen MR) is 83.8 cm³/mol. The third kappa shape index (κ3) is 3.07. The van der Waals surface area contributed by atoms with Gasteiger partial charge in [-0.15, -0.1) is 11.3 Å². The van der Waals surface area contributed by atoms with E-state index in [1.165, 1.54) is 33.4 Å². The van der Waals surface area contributed by atoms with Crippen molar-refractivity contribution < 1.29 is 0 Å². The molecule has 0 radical (unpaired) electrons. The number of hydrogen-bond donors (Lipinski definition) is 1. The molecule has 1 aliphatic rings. The molecule has 1 heterocycles. The first-order valence-corrected chi connectivity index (χ1v) is 8.32. The number of rotatable bonds is 4. The van der Waals surface area contributed by atoms with Crippen molar-refractivity contribution in [3.05, 3.63) is 49.9 Å². The zero-order chi connectivity index (χ0) is 13.2. The molecule has 4 heteroatoms. The van der Waals surface area contributed by atoms with Crippen LogP contribution in [0.1, 0.15) is 34.3 Å². The van der Waals surface area contributed by atoms with E-state index in [-0.39, 0.29) is 0 Å². The lowest BCUT2D eigenvalue weighted by Gasteiger charge is -2.13. The van der Waals surface area contributed by atoms with Crippen molar-refractivity contribution >= 4 is 27.3 Å². The van der Waals surface area contributed by atoms with Crippen LogP contribution in [0, 0.1) is 6.92 Å². The monoisotopic (exact) mass is 336 g/mol. The molecular formula is C15H17BrN2S. The Morgan fingerprint density at radius 2 is 2.37 bits per heavy atom. The van der Waals surface area contributed by atoms with E-state index < -0.39 is 0 Å². The minimum absolute atomic E-state index is 0.518. The maximum absolute atomic E-state index is 4.50. The van der Waals surface area contributed by atoms with Gasteiger partial charge in [0.2, 0.25) is 0 Å². The van der Waals surface area contributed by atoms with Crippen LogP contribution >= 0.6 is 27.3 Å². The third-order valence-corrected chi connectivity index (χ3v) is 5.10. The summed E-state index contributed by atoms with van der Waals surface area (Å²) >= 11 is 5.31. The number of benzene rings is 1. The zero-order valence-electron chi connectivity index (χ0n) is 10.9. The smallest absolute Gasteiger partial charge is 0.0940 e. The van der Waals surface area contributed by atoms with Gasteiger partial charge in [-0.05, 0) is 43.0 Å². The molecule has 19 heavy (non-hydrogen) atoms. The normalized spacial score (nSPS) is 17.7. The number of fused-ring (bicyclic) bond motifs is 1. The van der Waals surface area contributed by atoms with Gasteiger partial charge in [-0.25, -0.2) is 4.98 Å². The Labute approximate surface area is 126 Å². The number of nitrogens with zero attached hydrogens (tertiary/aromatic N) is 1. The van der Waals surface area contributed by atoms with Gasteiger partial charge in [-0.2, -0.15) is 0 Å². The Morgan fingerprint density at radius 1 is 1.47 bits per heavy atom. The van der Waals surface area contributed by atoms with Gasteiger partial charge in [0.15, 0.2) is 0 Å². The van der Waals surface area contributed by atoms with E-state index in [0.717, 1.165) is 18.7 Å². The molecule has 1 aliphatic carbocycles. The van der Waals surface area contributed by atoms with Crippen molar-refractivity contribution in [2.24, 2.45) is 0 Å². The molecule has 0 fully saturated rings. The lowest BCUT2D eigenvalue weighted by Crippen LogP contribution is -2.21. The lowest BCUT2D eigenvalue weighted by molar-refractivity contribution is 0.533. The van der Waals surface area contributed by atoms with E-state index in [1.54, 1.807) is 11.3 Å². The van der Waals surface area contributed by atoms with Crippen LogP contribution in [-0.2, 0) is 12.8 Å². The molecular weight excluding hydrogens is 320 g/mol. The number of aryl methyl sites for hydroxylation is 2. The quantitative estimate of drug-likeness (QED) is 0.911. The SMILES string of the molecule is Cc1csc(CCNC2CCc3cc(Br)ccc32)n1. The fraction of sp³-hybridized carbons (Fsp3) is 0.400. The summed E-state index contributed by atoms with van der Waals surface area (Å²) in [5.74, 6) is 0. The third-order valence-electron chi connectivity index (χ3n) is 3.58. The van der Waals surface area contributed by atoms with Crippen LogP contribution in [0.5, 0.6) is 0 Å². The first-order chi connectivity index (χ1) is 9.22. The molecule has 3 rings (SSSR count). The molecule has 1 aromatic carbocycles. The molecule has 1 aromatic heterocycles. The summed E-state index contributed by atoms with van der Waals surface area (Å²) in [5.41, 5.74) is 4.09. The lowest BCUT2D eigenvalue weighted by atomic mass is 10.1. The van der Waals surface area contributed by atoms with Crippen LogP contribution in [0.4, 0.5) is 0 Å². The molecule has 0 bridgehead atoms. The molecule has 0 saturated heterocycles. The van der Waals surface area contributed by atoms with Crippen molar-refractivity contribution in [3.8, 4) is 0 Å². The van der Waals surface area contributed by atoms with Gasteiger partial charge >= 0.3 is 0 Å². The summed E-state index contributed by atoms with van der Waals surface area (Å²) in [5, 5.41) is 7.02. The summed E-state index contributed by atoms with van der Waals surface area (Å²) in [6.07, 6.45) is 3.42. The van der Waals surface area contributed by atoms with E-state index in [0.29, 0.717) is 6.04 Å². The van der Waals surface area contributed by atoms with Crippen molar-refractivity contribution in [3.63, 3.8) is 0 Å². The first kappa shape index (κ1) is 13.3. The Hall–Kier alpha value is -0.710. The number of thiazole rings is 1. The average Bonchev–Trinajstić information content (AvgIpc) is 2.96. The van der Waals surface area contributed by atoms with Gasteiger partial charge in [0.25, 0.3) is 0 Å². The Kier molecular flexibility index (Phi) is 4.01. The van der Waals surface area contributed by atoms with Crippen molar-refractivity contribution in [2.45, 2.75) is 32.2 Å². The highest BCUT2D eigenvalue weighted by molar-refractivity contribution is 9.10. The highest BCUT2D eigenvalue weighted by atomic mass is 79.9. The molecule has 0 aliphatic heterocycles. The van der Waals surface area contributed by atoms with Gasteiger partial charge in [0.05, 0.1) is 5.01 Å². The van der Waals surface area contributed by atoms with Crippen LogP contribution in [-0.4, -0.2) is 11.5 Å². The molecule has 1 unspecified atom stereocenters. The second kappa shape index (κ2) is 5.73. The summed E-state index contributed by atoms with van der Waals surface area (Å²) in [6, 6.07) is 7.16. The maximum Gasteiger partial charge on any atom is 0.0940 e. The molecule has 1 atom stereocenters. The maximum atomic E-state index is 4.50. The van der Waals surface area contributed by atoms with Gasteiger partial charge in [-0.3, -0.25) is 0 Å². The molecule has 0 spiro atoms. The zero-order valence-corrected chi connectivity index (χ0v) is 13.4. The fourth-order valence-electron chi connectivity index (χ4n) is 2.67. The first-order valence-electron chi connectivity index (χ1n) is 6.65. The summed E-state index contributed by atoms with van der Waals surface area (Å²) in [7, 11) is 0. The van der Waals surface area contributed by atoms with Crippen LogP contribution in [0.2, 0.25) is 0 Å². The van der Waals surface area contributed by atoms with Crippen LogP contribution in [0.25, 0.3) is 0 Å². The minimum Gasteiger partial charge on any atom is -0.310 e. The fourth-order valence-corrected chi connectivity index (χ4v) is 3.85. The van der Waals surface area contributed by atoms with Crippen LogP contribution in [0.15, 0.2) is 28.1 Å². The highest BCUT2D eigenvalue weighted by Gasteiger charge is 2.21. The van der Waals surface area contributed by atoms with Gasteiger partial charge in [0, 0.05) is 34.6 Å². The summed E-state index contributed by atoms with van der Waals surface area (Å²) in [4.78, 5) is 4.50. The Bertz CT molecular complexity index is 579. The molecule has 0 saturated carbocycles. The van der Waals surface area contributed by atoms with E-state index in [1.807, 2.05) is 0 Å². The van der Waals surface area contributed by atoms with Crippen molar-refractivity contribution in [1.29, 1.82) is 0 Å². The number of nitrogens with one attached hydrogen (secondary N) is 1. The summed E-state index contributed by atoms with van der Waals surface area (Å²) < 4.78 is 1.19. The molecule has 2 nitrogen and oxygen atoms in total. The van der Waals surface area contributed by atoms with Gasteiger partial charge in [-0.1, -0.05) is 22.0 Å². The molecule has 1 N–H and O–H groups in total.